The molecule has 1 aliphatic heterocycles. The van der Waals surface area contributed by atoms with Crippen molar-refractivity contribution < 1.29 is 13.2 Å². The van der Waals surface area contributed by atoms with Crippen LogP contribution in [0.3, 0.4) is 0 Å². The van der Waals surface area contributed by atoms with E-state index in [4.69, 9.17) is 11.6 Å². The summed E-state index contributed by atoms with van der Waals surface area (Å²) in [6, 6.07) is 4.43. The van der Waals surface area contributed by atoms with Crippen molar-refractivity contribution in [3.8, 4) is 0 Å². The summed E-state index contributed by atoms with van der Waals surface area (Å²) >= 11 is 5.66. The molecule has 0 amide bonds. The Morgan fingerprint density at radius 1 is 1.24 bits per heavy atom. The molecular formula is C16H21ClF3N. The van der Waals surface area contributed by atoms with Crippen molar-refractivity contribution in [2.75, 3.05) is 18.0 Å². The van der Waals surface area contributed by atoms with Gasteiger partial charge in [-0.1, -0.05) is 19.9 Å². The van der Waals surface area contributed by atoms with Gasteiger partial charge in [0.2, 0.25) is 0 Å². The maximum absolute atomic E-state index is 13.3. The Labute approximate surface area is 129 Å². The molecule has 1 saturated heterocycles. The minimum Gasteiger partial charge on any atom is -0.371 e. The minimum atomic E-state index is -4.34. The van der Waals surface area contributed by atoms with Crippen LogP contribution in [0.4, 0.5) is 18.9 Å². The van der Waals surface area contributed by atoms with Gasteiger partial charge in [0.05, 0.1) is 5.56 Å². The summed E-state index contributed by atoms with van der Waals surface area (Å²) in [5.41, 5.74) is 0.229. The Kier molecular flexibility index (Phi) is 5.07. The van der Waals surface area contributed by atoms with Crippen LogP contribution in [0.5, 0.6) is 0 Å². The van der Waals surface area contributed by atoms with Gasteiger partial charge in [-0.3, -0.25) is 0 Å². The number of rotatable bonds is 3. The zero-order valence-electron chi connectivity index (χ0n) is 12.4. The predicted octanol–water partition coefficient (Wildman–Crippen LogP) is 5.32. The van der Waals surface area contributed by atoms with Gasteiger partial charge < -0.3 is 4.90 Å². The van der Waals surface area contributed by atoms with E-state index in [9.17, 15) is 13.2 Å². The third-order valence-corrected chi connectivity index (χ3v) is 4.65. The van der Waals surface area contributed by atoms with Crippen molar-refractivity contribution >= 4 is 17.3 Å². The zero-order chi connectivity index (χ0) is 15.6. The molecule has 0 radical (unpaired) electrons. The van der Waals surface area contributed by atoms with Gasteiger partial charge in [0.15, 0.2) is 0 Å². The second-order valence-electron chi connectivity index (χ2n) is 6.05. The third kappa shape index (κ3) is 3.85. The number of benzene rings is 1. The third-order valence-electron chi connectivity index (χ3n) is 4.34. The van der Waals surface area contributed by atoms with E-state index in [-0.39, 0.29) is 5.88 Å². The average molecular weight is 320 g/mol. The quantitative estimate of drug-likeness (QED) is 0.682. The summed E-state index contributed by atoms with van der Waals surface area (Å²) in [6.07, 6.45) is -2.44. The number of alkyl halides is 4. The van der Waals surface area contributed by atoms with Crippen molar-refractivity contribution in [3.05, 3.63) is 29.3 Å². The van der Waals surface area contributed by atoms with Crippen LogP contribution in [0.15, 0.2) is 18.2 Å². The fourth-order valence-corrected chi connectivity index (χ4v) is 3.14. The van der Waals surface area contributed by atoms with Crippen LogP contribution >= 0.6 is 11.6 Å². The summed E-state index contributed by atoms with van der Waals surface area (Å²) in [5, 5.41) is 0. The van der Waals surface area contributed by atoms with Crippen LogP contribution in [-0.2, 0) is 12.1 Å². The molecule has 0 spiro atoms. The summed E-state index contributed by atoms with van der Waals surface area (Å²) in [7, 11) is 0. The van der Waals surface area contributed by atoms with Crippen LogP contribution in [-0.4, -0.2) is 13.1 Å². The molecule has 0 atom stereocenters. The molecule has 5 heteroatoms. The van der Waals surface area contributed by atoms with Gasteiger partial charge in [-0.2, -0.15) is 13.2 Å². The van der Waals surface area contributed by atoms with Crippen LogP contribution in [0.1, 0.15) is 37.8 Å². The first kappa shape index (κ1) is 16.5. The van der Waals surface area contributed by atoms with E-state index in [0.29, 0.717) is 36.2 Å². The van der Waals surface area contributed by atoms with Gasteiger partial charge in [-0.05, 0) is 42.4 Å². The number of halogens is 4. The minimum absolute atomic E-state index is 0.0960. The first-order valence-electron chi connectivity index (χ1n) is 7.34. The van der Waals surface area contributed by atoms with Gasteiger partial charge in [0.25, 0.3) is 0 Å². The van der Waals surface area contributed by atoms with E-state index < -0.39 is 11.7 Å². The summed E-state index contributed by atoms with van der Waals surface area (Å²) in [4.78, 5) is 1.86. The Balaban J connectivity index is 2.24. The number of hydrogen-bond acceptors (Lipinski definition) is 1. The van der Waals surface area contributed by atoms with Crippen molar-refractivity contribution in [2.45, 2.75) is 38.7 Å². The van der Waals surface area contributed by atoms with Gasteiger partial charge in [-0.15, -0.1) is 11.6 Å². The number of nitrogens with zero attached hydrogens (tertiary/aromatic N) is 1. The van der Waals surface area contributed by atoms with Crippen molar-refractivity contribution in [3.63, 3.8) is 0 Å². The maximum Gasteiger partial charge on any atom is 0.418 e. The van der Waals surface area contributed by atoms with Gasteiger partial charge in [0, 0.05) is 24.7 Å². The Morgan fingerprint density at radius 2 is 1.86 bits per heavy atom. The molecule has 1 aromatic rings. The molecule has 0 bridgehead atoms. The second kappa shape index (κ2) is 6.47. The molecular weight excluding hydrogens is 299 g/mol. The van der Waals surface area contributed by atoms with E-state index in [0.717, 1.165) is 12.8 Å². The number of anilines is 1. The molecule has 1 fully saturated rings. The maximum atomic E-state index is 13.3. The van der Waals surface area contributed by atoms with Crippen LogP contribution < -0.4 is 4.90 Å². The fraction of sp³-hybridized carbons (Fsp3) is 0.625. The van der Waals surface area contributed by atoms with Gasteiger partial charge in [0.1, 0.15) is 0 Å². The smallest absolute Gasteiger partial charge is 0.371 e. The SMILES string of the molecule is CC(C)C1CCN(c2ccc(CCl)cc2C(F)(F)F)CC1. The van der Waals surface area contributed by atoms with E-state index in [2.05, 4.69) is 13.8 Å². The molecule has 0 unspecified atom stereocenters. The molecule has 0 aromatic heterocycles. The van der Waals surface area contributed by atoms with E-state index in [1.807, 2.05) is 4.90 Å². The largest absolute Gasteiger partial charge is 0.418 e. The van der Waals surface area contributed by atoms with E-state index in [1.165, 1.54) is 6.07 Å². The molecule has 118 valence electrons. The van der Waals surface area contributed by atoms with Crippen LogP contribution in [0.2, 0.25) is 0 Å². The average Bonchev–Trinajstić information content (AvgIpc) is 2.46. The van der Waals surface area contributed by atoms with Gasteiger partial charge in [-0.25, -0.2) is 0 Å². The van der Waals surface area contributed by atoms with E-state index >= 15 is 0 Å². The Morgan fingerprint density at radius 3 is 2.33 bits per heavy atom. The summed E-state index contributed by atoms with van der Waals surface area (Å²) < 4.78 is 39.8. The predicted molar refractivity (Wildman–Crippen MR) is 80.8 cm³/mol. The lowest BCUT2D eigenvalue weighted by Crippen LogP contribution is -2.36. The van der Waals surface area contributed by atoms with Crippen molar-refractivity contribution in [2.24, 2.45) is 11.8 Å². The summed E-state index contributed by atoms with van der Waals surface area (Å²) in [5.74, 6) is 1.30. The highest BCUT2D eigenvalue weighted by Crippen LogP contribution is 2.39. The molecule has 1 aromatic carbocycles. The lowest BCUT2D eigenvalue weighted by atomic mass is 9.86. The molecule has 0 N–H and O–H groups in total. The normalized spacial score (nSPS) is 17.6. The lowest BCUT2D eigenvalue weighted by Gasteiger charge is -2.36. The van der Waals surface area contributed by atoms with Crippen molar-refractivity contribution in [1.82, 2.24) is 0 Å². The van der Waals surface area contributed by atoms with E-state index in [1.54, 1.807) is 12.1 Å². The lowest BCUT2D eigenvalue weighted by molar-refractivity contribution is -0.137. The van der Waals surface area contributed by atoms with Crippen LogP contribution in [0, 0.1) is 11.8 Å². The first-order valence-corrected chi connectivity index (χ1v) is 7.87. The molecule has 1 aliphatic rings. The van der Waals surface area contributed by atoms with Gasteiger partial charge >= 0.3 is 6.18 Å². The monoisotopic (exact) mass is 319 g/mol. The molecule has 1 nitrogen and oxygen atoms in total. The Bertz CT molecular complexity index is 477. The molecule has 0 saturated carbocycles. The number of hydrogen-bond donors (Lipinski definition) is 0. The molecule has 2 rings (SSSR count). The highest BCUT2D eigenvalue weighted by molar-refractivity contribution is 6.17. The highest BCUT2D eigenvalue weighted by atomic mass is 35.5. The zero-order valence-corrected chi connectivity index (χ0v) is 13.1. The van der Waals surface area contributed by atoms with Crippen molar-refractivity contribution in [1.29, 1.82) is 0 Å². The molecule has 1 heterocycles. The summed E-state index contributed by atoms with van der Waals surface area (Å²) in [6.45, 7) is 5.73. The standard InChI is InChI=1S/C16H21ClF3N/c1-11(2)13-5-7-21(8-6-13)15-4-3-12(10-17)9-14(15)16(18,19)20/h3-4,9,11,13H,5-8,10H2,1-2H3. The highest BCUT2D eigenvalue weighted by Gasteiger charge is 2.36. The fourth-order valence-electron chi connectivity index (χ4n) is 2.98. The molecule has 21 heavy (non-hydrogen) atoms. The first-order chi connectivity index (χ1) is 9.82. The topological polar surface area (TPSA) is 3.24 Å². The second-order valence-corrected chi connectivity index (χ2v) is 6.32. The van der Waals surface area contributed by atoms with Crippen LogP contribution in [0.25, 0.3) is 0 Å². The molecule has 0 aliphatic carbocycles. The Hall–Kier alpha value is -0.900. The number of piperidine rings is 1.